The molecule has 0 bridgehead atoms. The SMILES string of the molecule is Cc1cc(C)cc(COC[C@]2(N3CCNCC3)CCc3ccccc32)c1.Cl.Cl. The van der Waals surface area contributed by atoms with Crippen LogP contribution in [0.2, 0.25) is 0 Å². The topological polar surface area (TPSA) is 24.5 Å². The third-order valence-electron chi connectivity index (χ3n) is 5.94. The number of piperazine rings is 1. The molecule has 5 heteroatoms. The van der Waals surface area contributed by atoms with Crippen molar-refractivity contribution in [2.75, 3.05) is 32.8 Å². The molecule has 3 nitrogen and oxygen atoms in total. The molecular formula is C23H32Cl2N2O. The van der Waals surface area contributed by atoms with E-state index >= 15 is 0 Å². The van der Waals surface area contributed by atoms with Gasteiger partial charge in [0.1, 0.15) is 0 Å². The van der Waals surface area contributed by atoms with Crippen LogP contribution in [0.5, 0.6) is 0 Å². The molecule has 0 amide bonds. The van der Waals surface area contributed by atoms with E-state index in [0.29, 0.717) is 6.61 Å². The van der Waals surface area contributed by atoms with E-state index in [4.69, 9.17) is 4.74 Å². The predicted molar refractivity (Wildman–Crippen MR) is 121 cm³/mol. The number of rotatable bonds is 5. The summed E-state index contributed by atoms with van der Waals surface area (Å²) in [6.45, 7) is 10.1. The van der Waals surface area contributed by atoms with Crippen molar-refractivity contribution in [3.05, 3.63) is 70.3 Å². The fraction of sp³-hybridized carbons (Fsp3) is 0.478. The zero-order valence-electron chi connectivity index (χ0n) is 16.9. The highest BCUT2D eigenvalue weighted by molar-refractivity contribution is 5.85. The number of halogens is 2. The van der Waals surface area contributed by atoms with Gasteiger partial charge in [-0.15, -0.1) is 24.8 Å². The number of hydrogen-bond acceptors (Lipinski definition) is 3. The molecule has 28 heavy (non-hydrogen) atoms. The summed E-state index contributed by atoms with van der Waals surface area (Å²) in [7, 11) is 0. The van der Waals surface area contributed by atoms with Crippen LogP contribution in [0.15, 0.2) is 42.5 Å². The van der Waals surface area contributed by atoms with Crippen molar-refractivity contribution in [3.8, 4) is 0 Å². The highest BCUT2D eigenvalue weighted by Crippen LogP contribution is 2.42. The second kappa shape index (κ2) is 10.1. The van der Waals surface area contributed by atoms with Crippen molar-refractivity contribution in [2.24, 2.45) is 0 Å². The molecule has 0 saturated carbocycles. The van der Waals surface area contributed by atoms with Crippen molar-refractivity contribution in [1.82, 2.24) is 10.2 Å². The molecule has 154 valence electrons. The Labute approximate surface area is 181 Å². The number of nitrogens with one attached hydrogen (secondary N) is 1. The summed E-state index contributed by atoms with van der Waals surface area (Å²) >= 11 is 0. The van der Waals surface area contributed by atoms with Gasteiger partial charge in [-0.25, -0.2) is 0 Å². The fourth-order valence-electron chi connectivity index (χ4n) is 4.82. The standard InChI is InChI=1S/C23H30N2O.2ClH/c1-18-13-19(2)15-20(14-18)16-26-17-23(25-11-9-24-10-12-25)8-7-21-5-3-4-6-22(21)23;;/h3-6,13-15,24H,7-12,16-17H2,1-2H3;2*1H/t23-;;/m1../s1. The monoisotopic (exact) mass is 422 g/mol. The Morgan fingerprint density at radius 3 is 2.39 bits per heavy atom. The highest BCUT2D eigenvalue weighted by Gasteiger charge is 2.44. The first-order valence-corrected chi connectivity index (χ1v) is 9.86. The summed E-state index contributed by atoms with van der Waals surface area (Å²) < 4.78 is 6.37. The van der Waals surface area contributed by atoms with Crippen LogP contribution in [0, 0.1) is 13.8 Å². The predicted octanol–water partition coefficient (Wildman–Crippen LogP) is 4.41. The van der Waals surface area contributed by atoms with Gasteiger partial charge in [0, 0.05) is 26.2 Å². The summed E-state index contributed by atoms with van der Waals surface area (Å²) in [5, 5.41) is 3.49. The zero-order valence-corrected chi connectivity index (χ0v) is 18.5. The van der Waals surface area contributed by atoms with Crippen LogP contribution in [0.4, 0.5) is 0 Å². The van der Waals surface area contributed by atoms with Gasteiger partial charge in [0.2, 0.25) is 0 Å². The number of nitrogens with zero attached hydrogens (tertiary/aromatic N) is 1. The molecule has 1 fully saturated rings. The summed E-state index contributed by atoms with van der Waals surface area (Å²) in [6.07, 6.45) is 2.33. The minimum absolute atomic E-state index is 0. The van der Waals surface area contributed by atoms with E-state index in [1.54, 1.807) is 0 Å². The molecule has 1 aliphatic carbocycles. The molecule has 1 atom stereocenters. The van der Waals surface area contributed by atoms with Crippen molar-refractivity contribution < 1.29 is 4.74 Å². The molecule has 2 aliphatic rings. The van der Waals surface area contributed by atoms with Crippen LogP contribution in [0.3, 0.4) is 0 Å². The van der Waals surface area contributed by atoms with Gasteiger partial charge in [0.15, 0.2) is 0 Å². The number of benzene rings is 2. The lowest BCUT2D eigenvalue weighted by molar-refractivity contribution is -0.0240. The van der Waals surface area contributed by atoms with Crippen LogP contribution >= 0.6 is 24.8 Å². The highest BCUT2D eigenvalue weighted by atomic mass is 35.5. The van der Waals surface area contributed by atoms with Crippen molar-refractivity contribution in [1.29, 1.82) is 0 Å². The van der Waals surface area contributed by atoms with Crippen LogP contribution < -0.4 is 5.32 Å². The summed E-state index contributed by atoms with van der Waals surface area (Å²) in [4.78, 5) is 2.66. The van der Waals surface area contributed by atoms with Gasteiger partial charge in [0.05, 0.1) is 18.8 Å². The summed E-state index contributed by atoms with van der Waals surface area (Å²) in [6, 6.07) is 15.7. The summed E-state index contributed by atoms with van der Waals surface area (Å²) in [5.41, 5.74) is 6.93. The van der Waals surface area contributed by atoms with E-state index < -0.39 is 0 Å². The Kier molecular flexibility index (Phi) is 8.35. The van der Waals surface area contributed by atoms with E-state index in [1.807, 2.05) is 0 Å². The van der Waals surface area contributed by atoms with E-state index in [-0.39, 0.29) is 30.4 Å². The maximum atomic E-state index is 6.37. The van der Waals surface area contributed by atoms with Gasteiger partial charge in [-0.1, -0.05) is 53.6 Å². The van der Waals surface area contributed by atoms with Gasteiger partial charge >= 0.3 is 0 Å². The lowest BCUT2D eigenvalue weighted by atomic mass is 9.89. The van der Waals surface area contributed by atoms with Crippen molar-refractivity contribution in [3.63, 3.8) is 0 Å². The number of fused-ring (bicyclic) bond motifs is 1. The Morgan fingerprint density at radius 1 is 1.00 bits per heavy atom. The molecule has 1 N–H and O–H groups in total. The van der Waals surface area contributed by atoms with E-state index in [9.17, 15) is 0 Å². The lowest BCUT2D eigenvalue weighted by Crippen LogP contribution is -2.55. The number of ether oxygens (including phenoxy) is 1. The minimum Gasteiger partial charge on any atom is -0.374 e. The Bertz CT molecular complexity index is 757. The van der Waals surface area contributed by atoms with Gasteiger partial charge in [-0.2, -0.15) is 0 Å². The smallest absolute Gasteiger partial charge is 0.0718 e. The van der Waals surface area contributed by atoms with Crippen LogP contribution in [-0.2, 0) is 23.3 Å². The first-order valence-electron chi connectivity index (χ1n) is 9.86. The quantitative estimate of drug-likeness (QED) is 0.771. The average Bonchev–Trinajstić information content (AvgIpc) is 3.02. The van der Waals surface area contributed by atoms with E-state index in [2.05, 4.69) is 66.5 Å². The first-order chi connectivity index (χ1) is 12.7. The molecule has 0 spiro atoms. The third-order valence-corrected chi connectivity index (χ3v) is 5.94. The Balaban J connectivity index is 0.00000140. The Morgan fingerprint density at radius 2 is 1.68 bits per heavy atom. The van der Waals surface area contributed by atoms with Crippen LogP contribution in [-0.4, -0.2) is 37.7 Å². The van der Waals surface area contributed by atoms with Gasteiger partial charge in [-0.05, 0) is 43.4 Å². The molecule has 2 aromatic rings. The van der Waals surface area contributed by atoms with E-state index in [0.717, 1.165) is 39.2 Å². The molecule has 2 aromatic carbocycles. The second-order valence-electron chi connectivity index (χ2n) is 7.91. The summed E-state index contributed by atoms with van der Waals surface area (Å²) in [5.74, 6) is 0. The largest absolute Gasteiger partial charge is 0.374 e. The molecule has 0 unspecified atom stereocenters. The molecule has 0 aromatic heterocycles. The molecule has 1 heterocycles. The van der Waals surface area contributed by atoms with Gasteiger partial charge < -0.3 is 10.1 Å². The van der Waals surface area contributed by atoms with E-state index in [1.165, 1.54) is 34.2 Å². The molecule has 0 radical (unpaired) electrons. The zero-order chi connectivity index (χ0) is 18.0. The Hall–Kier alpha value is -1.10. The number of aryl methyl sites for hydroxylation is 3. The maximum absolute atomic E-state index is 6.37. The van der Waals surface area contributed by atoms with Crippen LogP contribution in [0.25, 0.3) is 0 Å². The fourth-order valence-corrected chi connectivity index (χ4v) is 4.82. The number of hydrogen-bond donors (Lipinski definition) is 1. The molecule has 4 rings (SSSR count). The lowest BCUT2D eigenvalue weighted by Gasteiger charge is -2.44. The average molecular weight is 423 g/mol. The molecule has 1 aliphatic heterocycles. The normalized spacial score (nSPS) is 21.5. The minimum atomic E-state index is 0. The molecular weight excluding hydrogens is 391 g/mol. The second-order valence-corrected chi connectivity index (χ2v) is 7.91. The van der Waals surface area contributed by atoms with Gasteiger partial charge in [0.25, 0.3) is 0 Å². The van der Waals surface area contributed by atoms with Crippen molar-refractivity contribution >= 4 is 24.8 Å². The maximum Gasteiger partial charge on any atom is 0.0718 e. The molecule has 1 saturated heterocycles. The van der Waals surface area contributed by atoms with Crippen molar-refractivity contribution in [2.45, 2.75) is 38.8 Å². The third kappa shape index (κ3) is 4.72. The first kappa shape index (κ1) is 23.2. The van der Waals surface area contributed by atoms with Crippen LogP contribution in [0.1, 0.15) is 34.2 Å². The van der Waals surface area contributed by atoms with Gasteiger partial charge in [-0.3, -0.25) is 4.90 Å².